The van der Waals surface area contributed by atoms with Gasteiger partial charge < -0.3 is 5.11 Å². The third-order valence-corrected chi connectivity index (χ3v) is 4.98. The Morgan fingerprint density at radius 1 is 1.17 bits per heavy atom. The largest absolute Gasteiger partial charge is 0.388 e. The Balaban J connectivity index is 1.62. The van der Waals surface area contributed by atoms with E-state index in [0.717, 1.165) is 17.7 Å². The van der Waals surface area contributed by atoms with E-state index in [1.165, 1.54) is 35.3 Å². The molecule has 1 N–H and O–H groups in total. The van der Waals surface area contributed by atoms with E-state index in [2.05, 4.69) is 30.3 Å². The van der Waals surface area contributed by atoms with Gasteiger partial charge in [-0.2, -0.15) is 0 Å². The SMILES string of the molecule is OC(CCc1ccccc1)c1cc2c(s1)CCC2. The lowest BCUT2D eigenvalue weighted by Crippen LogP contribution is -1.97. The van der Waals surface area contributed by atoms with E-state index in [-0.39, 0.29) is 6.10 Å². The van der Waals surface area contributed by atoms with Crippen molar-refractivity contribution in [3.63, 3.8) is 0 Å². The lowest BCUT2D eigenvalue weighted by atomic mass is 10.1. The van der Waals surface area contributed by atoms with Crippen molar-refractivity contribution in [2.45, 2.75) is 38.2 Å². The van der Waals surface area contributed by atoms with Crippen molar-refractivity contribution in [3.05, 3.63) is 57.3 Å². The number of hydrogen-bond acceptors (Lipinski definition) is 2. The van der Waals surface area contributed by atoms with Gasteiger partial charge in [-0.25, -0.2) is 0 Å². The summed E-state index contributed by atoms with van der Waals surface area (Å²) in [7, 11) is 0. The second kappa shape index (κ2) is 5.25. The molecule has 94 valence electrons. The van der Waals surface area contributed by atoms with Crippen LogP contribution in [0, 0.1) is 0 Å². The zero-order chi connectivity index (χ0) is 12.4. The molecular weight excluding hydrogens is 240 g/mol. The highest BCUT2D eigenvalue weighted by molar-refractivity contribution is 7.12. The van der Waals surface area contributed by atoms with Crippen molar-refractivity contribution < 1.29 is 5.11 Å². The van der Waals surface area contributed by atoms with Crippen LogP contribution in [-0.4, -0.2) is 5.11 Å². The number of aliphatic hydroxyl groups excluding tert-OH is 1. The molecule has 0 fully saturated rings. The fraction of sp³-hybridized carbons (Fsp3) is 0.375. The van der Waals surface area contributed by atoms with Gasteiger partial charge in [-0.1, -0.05) is 30.3 Å². The van der Waals surface area contributed by atoms with Crippen molar-refractivity contribution >= 4 is 11.3 Å². The van der Waals surface area contributed by atoms with Crippen molar-refractivity contribution in [2.24, 2.45) is 0 Å². The Hall–Kier alpha value is -1.12. The highest BCUT2D eigenvalue weighted by atomic mass is 32.1. The van der Waals surface area contributed by atoms with Gasteiger partial charge in [-0.05, 0) is 49.3 Å². The first kappa shape index (κ1) is 11.9. The first-order valence-corrected chi connectivity index (χ1v) is 7.48. The van der Waals surface area contributed by atoms with Gasteiger partial charge in [0.15, 0.2) is 0 Å². The second-order valence-electron chi connectivity index (χ2n) is 4.99. The summed E-state index contributed by atoms with van der Waals surface area (Å²) in [5.74, 6) is 0. The molecule has 0 saturated carbocycles. The number of aliphatic hydroxyl groups is 1. The van der Waals surface area contributed by atoms with E-state index in [0.29, 0.717) is 0 Å². The Morgan fingerprint density at radius 3 is 2.78 bits per heavy atom. The molecule has 18 heavy (non-hydrogen) atoms. The molecule has 1 heterocycles. The zero-order valence-electron chi connectivity index (χ0n) is 10.4. The van der Waals surface area contributed by atoms with Crippen molar-refractivity contribution in [2.75, 3.05) is 0 Å². The maximum atomic E-state index is 10.2. The maximum absolute atomic E-state index is 10.2. The smallest absolute Gasteiger partial charge is 0.0885 e. The van der Waals surface area contributed by atoms with E-state index in [4.69, 9.17) is 0 Å². The molecule has 1 nitrogen and oxygen atoms in total. The summed E-state index contributed by atoms with van der Waals surface area (Å²) >= 11 is 1.82. The van der Waals surface area contributed by atoms with E-state index < -0.39 is 0 Å². The number of thiophene rings is 1. The van der Waals surface area contributed by atoms with Gasteiger partial charge in [0, 0.05) is 9.75 Å². The van der Waals surface area contributed by atoms with E-state index in [1.807, 2.05) is 17.4 Å². The molecule has 0 amide bonds. The number of fused-ring (bicyclic) bond motifs is 1. The van der Waals surface area contributed by atoms with Gasteiger partial charge in [0.25, 0.3) is 0 Å². The number of benzene rings is 1. The average Bonchev–Trinajstić information content (AvgIpc) is 2.98. The number of rotatable bonds is 4. The highest BCUT2D eigenvalue weighted by Gasteiger charge is 2.18. The zero-order valence-corrected chi connectivity index (χ0v) is 11.2. The van der Waals surface area contributed by atoms with Crippen LogP contribution in [0.25, 0.3) is 0 Å². The van der Waals surface area contributed by atoms with Gasteiger partial charge in [-0.3, -0.25) is 0 Å². The van der Waals surface area contributed by atoms with E-state index in [9.17, 15) is 5.11 Å². The minimum atomic E-state index is -0.291. The van der Waals surface area contributed by atoms with Gasteiger partial charge in [0.2, 0.25) is 0 Å². The van der Waals surface area contributed by atoms with Crippen LogP contribution in [0.5, 0.6) is 0 Å². The third kappa shape index (κ3) is 2.50. The number of hydrogen-bond donors (Lipinski definition) is 1. The summed E-state index contributed by atoms with van der Waals surface area (Å²) < 4.78 is 0. The molecule has 1 unspecified atom stereocenters. The molecule has 0 spiro atoms. The first-order chi connectivity index (χ1) is 8.83. The minimum Gasteiger partial charge on any atom is -0.388 e. The summed E-state index contributed by atoms with van der Waals surface area (Å²) in [5.41, 5.74) is 2.79. The quantitative estimate of drug-likeness (QED) is 0.881. The highest BCUT2D eigenvalue weighted by Crippen LogP contribution is 2.35. The summed E-state index contributed by atoms with van der Waals surface area (Å²) in [4.78, 5) is 2.67. The third-order valence-electron chi connectivity index (χ3n) is 3.64. The summed E-state index contributed by atoms with van der Waals surface area (Å²) in [6.07, 6.45) is 5.19. The first-order valence-electron chi connectivity index (χ1n) is 6.66. The molecule has 1 atom stereocenters. The monoisotopic (exact) mass is 258 g/mol. The van der Waals surface area contributed by atoms with Crippen LogP contribution in [0.15, 0.2) is 36.4 Å². The molecule has 0 aliphatic heterocycles. The normalized spacial score (nSPS) is 15.6. The molecule has 0 saturated heterocycles. The fourth-order valence-electron chi connectivity index (χ4n) is 2.61. The van der Waals surface area contributed by atoms with Crippen LogP contribution in [0.4, 0.5) is 0 Å². The standard InChI is InChI=1S/C16H18OS/c17-14(10-9-12-5-2-1-3-6-12)16-11-13-7-4-8-15(13)18-16/h1-3,5-6,11,14,17H,4,7-10H2. The van der Waals surface area contributed by atoms with E-state index >= 15 is 0 Å². The van der Waals surface area contributed by atoms with Gasteiger partial charge in [0.1, 0.15) is 0 Å². The molecule has 2 aromatic rings. The van der Waals surface area contributed by atoms with E-state index in [1.54, 1.807) is 0 Å². The van der Waals surface area contributed by atoms with Crippen LogP contribution in [0.1, 0.15) is 39.8 Å². The average molecular weight is 258 g/mol. The van der Waals surface area contributed by atoms with Gasteiger partial charge in [0.05, 0.1) is 6.10 Å². The molecule has 3 rings (SSSR count). The molecular formula is C16H18OS. The lowest BCUT2D eigenvalue weighted by Gasteiger charge is -2.08. The molecule has 0 radical (unpaired) electrons. The molecule has 0 bridgehead atoms. The van der Waals surface area contributed by atoms with Crippen LogP contribution in [-0.2, 0) is 19.3 Å². The van der Waals surface area contributed by atoms with Gasteiger partial charge >= 0.3 is 0 Å². The van der Waals surface area contributed by atoms with Crippen LogP contribution in [0.3, 0.4) is 0 Å². The topological polar surface area (TPSA) is 20.2 Å². The molecule has 1 aromatic carbocycles. The lowest BCUT2D eigenvalue weighted by molar-refractivity contribution is 0.171. The predicted octanol–water partition coefficient (Wildman–Crippen LogP) is 3.90. The van der Waals surface area contributed by atoms with Crippen molar-refractivity contribution in [1.82, 2.24) is 0 Å². The molecule has 1 aliphatic carbocycles. The van der Waals surface area contributed by atoms with Gasteiger partial charge in [-0.15, -0.1) is 11.3 Å². The summed E-state index contributed by atoms with van der Waals surface area (Å²) in [5, 5.41) is 10.2. The molecule has 1 aliphatic rings. The van der Waals surface area contributed by atoms with Crippen molar-refractivity contribution in [1.29, 1.82) is 0 Å². The predicted molar refractivity (Wildman–Crippen MR) is 76.1 cm³/mol. The summed E-state index contributed by atoms with van der Waals surface area (Å²) in [6, 6.07) is 12.6. The minimum absolute atomic E-state index is 0.291. The molecule has 2 heteroatoms. The second-order valence-corrected chi connectivity index (χ2v) is 6.16. The van der Waals surface area contributed by atoms with Crippen LogP contribution >= 0.6 is 11.3 Å². The van der Waals surface area contributed by atoms with Crippen molar-refractivity contribution in [3.8, 4) is 0 Å². The van der Waals surface area contributed by atoms with Crippen LogP contribution < -0.4 is 0 Å². The Labute approximate surface area is 112 Å². The maximum Gasteiger partial charge on any atom is 0.0885 e. The molecule has 1 aromatic heterocycles. The fourth-order valence-corrected chi connectivity index (χ4v) is 3.88. The Bertz CT molecular complexity index is 494. The summed E-state index contributed by atoms with van der Waals surface area (Å²) in [6.45, 7) is 0. The van der Waals surface area contributed by atoms with Crippen LogP contribution in [0.2, 0.25) is 0 Å². The Kier molecular flexibility index (Phi) is 3.48. The Morgan fingerprint density at radius 2 is 2.00 bits per heavy atom. The number of aryl methyl sites for hydroxylation is 3.